The third kappa shape index (κ3) is 3.55. The van der Waals surface area contributed by atoms with E-state index in [-0.39, 0.29) is 5.56 Å². The summed E-state index contributed by atoms with van der Waals surface area (Å²) >= 11 is 0. The Labute approximate surface area is 140 Å². The first-order valence-electron chi connectivity index (χ1n) is 7.20. The topological polar surface area (TPSA) is 92.0 Å². The molecule has 0 spiro atoms. The van der Waals surface area contributed by atoms with E-state index in [1.807, 2.05) is 6.92 Å². The minimum absolute atomic E-state index is 0.0942. The van der Waals surface area contributed by atoms with E-state index in [1.54, 1.807) is 25.4 Å². The van der Waals surface area contributed by atoms with Crippen LogP contribution in [-0.4, -0.2) is 13.0 Å². The molecule has 0 aliphatic carbocycles. The number of sulfonamides is 1. The van der Waals surface area contributed by atoms with Crippen LogP contribution < -0.4 is 10.3 Å². The molecule has 0 saturated heterocycles. The molecule has 0 bridgehead atoms. The summed E-state index contributed by atoms with van der Waals surface area (Å²) in [4.78, 5) is 12.0. The van der Waals surface area contributed by atoms with E-state index in [9.17, 15) is 18.5 Å². The van der Waals surface area contributed by atoms with Crippen LogP contribution in [-0.2, 0) is 23.5 Å². The highest BCUT2D eigenvalue weighted by atomic mass is 32.2. The van der Waals surface area contributed by atoms with Crippen LogP contribution in [0.25, 0.3) is 11.1 Å². The van der Waals surface area contributed by atoms with Gasteiger partial charge in [-0.2, -0.15) is 5.26 Å². The number of hydrogen-bond acceptors (Lipinski definition) is 4. The summed E-state index contributed by atoms with van der Waals surface area (Å²) in [5, 5.41) is 10.1. The average molecular weight is 343 g/mol. The van der Waals surface area contributed by atoms with Crippen LogP contribution in [0.15, 0.2) is 47.2 Å². The normalized spacial score (nSPS) is 10.9. The molecule has 0 unspecified atom stereocenters. The van der Waals surface area contributed by atoms with E-state index in [0.717, 1.165) is 5.41 Å². The quantitative estimate of drug-likeness (QED) is 0.902. The molecule has 0 fully saturated rings. The van der Waals surface area contributed by atoms with Gasteiger partial charge in [-0.05, 0) is 36.2 Å². The molecule has 1 aromatic heterocycles. The van der Waals surface area contributed by atoms with Crippen molar-refractivity contribution in [2.75, 3.05) is 4.72 Å². The number of nitriles is 1. The van der Waals surface area contributed by atoms with Gasteiger partial charge in [-0.25, -0.2) is 8.42 Å². The Hall–Kier alpha value is -2.85. The third-order valence-electron chi connectivity index (χ3n) is 3.57. The summed E-state index contributed by atoms with van der Waals surface area (Å²) in [5.41, 5.74) is 2.45. The van der Waals surface area contributed by atoms with Gasteiger partial charge in [-0.3, -0.25) is 9.52 Å². The Morgan fingerprint density at radius 2 is 2.08 bits per heavy atom. The second-order valence-corrected chi connectivity index (χ2v) is 6.84. The maximum atomic E-state index is 12.0. The molecule has 0 amide bonds. The Morgan fingerprint density at radius 3 is 2.67 bits per heavy atom. The second-order valence-electron chi connectivity index (χ2n) is 5.21. The van der Waals surface area contributed by atoms with E-state index in [1.165, 1.54) is 16.7 Å². The molecule has 7 heteroatoms. The fourth-order valence-electron chi connectivity index (χ4n) is 2.33. The monoisotopic (exact) mass is 343 g/mol. The Morgan fingerprint density at radius 1 is 1.38 bits per heavy atom. The fraction of sp³-hybridized carbons (Fsp3) is 0.176. The number of aromatic nitrogens is 1. The zero-order chi connectivity index (χ0) is 17.9. The predicted octanol–water partition coefficient (Wildman–Crippen LogP) is 2.37. The zero-order valence-corrected chi connectivity index (χ0v) is 14.2. The van der Waals surface area contributed by atoms with Crippen LogP contribution in [0, 0.1) is 11.3 Å². The summed E-state index contributed by atoms with van der Waals surface area (Å²) in [5.74, 6) is 0. The predicted molar refractivity (Wildman–Crippen MR) is 94.0 cm³/mol. The number of hydrogen-bond donors (Lipinski definition) is 1. The summed E-state index contributed by atoms with van der Waals surface area (Å²) in [6.07, 6.45) is 2.19. The number of benzene rings is 1. The minimum atomic E-state index is -3.64. The number of rotatable bonds is 5. The zero-order valence-electron chi connectivity index (χ0n) is 13.4. The van der Waals surface area contributed by atoms with Crippen LogP contribution in [0.5, 0.6) is 0 Å². The molecule has 0 radical (unpaired) electrons. The van der Waals surface area contributed by atoms with Crippen LogP contribution in [0.1, 0.15) is 18.1 Å². The molecular formula is C17H17N3O3S. The smallest absolute Gasteiger partial charge is 0.254 e. The summed E-state index contributed by atoms with van der Waals surface area (Å²) in [6.45, 7) is 5.12. The highest BCUT2D eigenvalue weighted by Gasteiger charge is 2.12. The van der Waals surface area contributed by atoms with Gasteiger partial charge in [-0.1, -0.05) is 13.5 Å². The van der Waals surface area contributed by atoms with Gasteiger partial charge in [0.15, 0.2) is 0 Å². The lowest BCUT2D eigenvalue weighted by Gasteiger charge is -2.11. The van der Waals surface area contributed by atoms with E-state index >= 15 is 0 Å². The largest absolute Gasteiger partial charge is 0.318 e. The molecule has 1 heterocycles. The number of pyridine rings is 1. The highest BCUT2D eigenvalue weighted by molar-refractivity contribution is 7.95. The van der Waals surface area contributed by atoms with Crippen molar-refractivity contribution in [1.29, 1.82) is 5.26 Å². The van der Waals surface area contributed by atoms with Gasteiger partial charge in [0.1, 0.15) is 0 Å². The van der Waals surface area contributed by atoms with Crippen molar-refractivity contribution in [3.63, 3.8) is 0 Å². The lowest BCUT2D eigenvalue weighted by Crippen LogP contribution is -2.20. The van der Waals surface area contributed by atoms with Gasteiger partial charge in [0.2, 0.25) is 0 Å². The number of anilines is 1. The van der Waals surface area contributed by atoms with Crippen LogP contribution in [0.3, 0.4) is 0 Å². The number of nitrogens with zero attached hydrogens (tertiary/aromatic N) is 2. The molecule has 24 heavy (non-hydrogen) atoms. The lowest BCUT2D eigenvalue weighted by molar-refractivity contribution is 0.609. The molecule has 1 aromatic carbocycles. The van der Waals surface area contributed by atoms with Gasteiger partial charge in [0.05, 0.1) is 11.6 Å². The Kier molecular flexibility index (Phi) is 4.90. The van der Waals surface area contributed by atoms with Gasteiger partial charge in [0.25, 0.3) is 15.6 Å². The van der Waals surface area contributed by atoms with Crippen molar-refractivity contribution >= 4 is 15.7 Å². The van der Waals surface area contributed by atoms with Gasteiger partial charge >= 0.3 is 0 Å². The molecular weight excluding hydrogens is 326 g/mol. The van der Waals surface area contributed by atoms with Gasteiger partial charge in [0, 0.05) is 35.5 Å². The fourth-order valence-corrected chi connectivity index (χ4v) is 2.87. The Bertz CT molecular complexity index is 999. The van der Waals surface area contributed by atoms with Crippen molar-refractivity contribution in [2.45, 2.75) is 13.3 Å². The third-order valence-corrected chi connectivity index (χ3v) is 4.53. The Balaban J connectivity index is 2.65. The van der Waals surface area contributed by atoms with Gasteiger partial charge < -0.3 is 4.57 Å². The first-order chi connectivity index (χ1) is 11.3. The maximum Gasteiger partial charge on any atom is 0.254 e. The van der Waals surface area contributed by atoms with Crippen molar-refractivity contribution in [3.05, 3.63) is 63.9 Å². The summed E-state index contributed by atoms with van der Waals surface area (Å²) < 4.78 is 27.1. The van der Waals surface area contributed by atoms with Crippen molar-refractivity contribution in [2.24, 2.45) is 7.05 Å². The van der Waals surface area contributed by atoms with Crippen LogP contribution in [0.4, 0.5) is 5.69 Å². The van der Waals surface area contributed by atoms with Crippen LogP contribution in [0.2, 0.25) is 0 Å². The SMILES string of the molecule is C=CS(=O)(=O)Nc1ccc(C#N)c(-c2cc(CC)c(=O)n(C)c2)c1. The molecule has 0 atom stereocenters. The first kappa shape index (κ1) is 17.5. The molecule has 2 aromatic rings. The molecule has 0 aliphatic heterocycles. The minimum Gasteiger partial charge on any atom is -0.318 e. The van der Waals surface area contributed by atoms with E-state index in [4.69, 9.17) is 0 Å². The molecule has 1 N–H and O–H groups in total. The van der Waals surface area contributed by atoms with Crippen LogP contribution >= 0.6 is 0 Å². The van der Waals surface area contributed by atoms with E-state index in [0.29, 0.717) is 34.4 Å². The van der Waals surface area contributed by atoms with Crippen molar-refractivity contribution < 1.29 is 8.42 Å². The molecule has 124 valence electrons. The highest BCUT2D eigenvalue weighted by Crippen LogP contribution is 2.27. The maximum absolute atomic E-state index is 12.0. The lowest BCUT2D eigenvalue weighted by atomic mass is 9.99. The average Bonchev–Trinajstić information content (AvgIpc) is 2.56. The number of nitrogens with one attached hydrogen (secondary N) is 1. The summed E-state index contributed by atoms with van der Waals surface area (Å²) in [7, 11) is -2.00. The van der Waals surface area contributed by atoms with E-state index in [2.05, 4.69) is 17.4 Å². The molecule has 0 saturated carbocycles. The second kappa shape index (κ2) is 6.72. The molecule has 0 aliphatic rings. The summed E-state index contributed by atoms with van der Waals surface area (Å²) in [6, 6.07) is 8.42. The molecule has 2 rings (SSSR count). The first-order valence-corrected chi connectivity index (χ1v) is 8.75. The molecule has 6 nitrogen and oxygen atoms in total. The van der Waals surface area contributed by atoms with Crippen molar-refractivity contribution in [1.82, 2.24) is 4.57 Å². The van der Waals surface area contributed by atoms with Gasteiger partial charge in [-0.15, -0.1) is 0 Å². The number of aryl methyl sites for hydroxylation is 2. The van der Waals surface area contributed by atoms with E-state index < -0.39 is 10.0 Å². The van der Waals surface area contributed by atoms with Crippen molar-refractivity contribution in [3.8, 4) is 17.2 Å². The standard InChI is InChI=1S/C17H17N3O3S/c1-4-12-8-14(11-20(3)17(12)21)16-9-15(7-6-13(16)10-18)19-24(22,23)5-2/h5-9,11,19H,2,4H2,1,3H3.